The first-order valence-corrected chi connectivity index (χ1v) is 24.2. The van der Waals surface area contributed by atoms with E-state index in [2.05, 4.69) is 252 Å². The molecular formula is C67H45N3. The Balaban J connectivity index is 0.873. The third kappa shape index (κ3) is 6.43. The highest BCUT2D eigenvalue weighted by Gasteiger charge is 2.25. The Kier molecular flexibility index (Phi) is 9.11. The van der Waals surface area contributed by atoms with Crippen molar-refractivity contribution < 1.29 is 0 Å². The van der Waals surface area contributed by atoms with Gasteiger partial charge in [0.2, 0.25) is 0 Å². The molecule has 70 heavy (non-hydrogen) atoms. The number of para-hydroxylation sites is 2. The van der Waals surface area contributed by atoms with Gasteiger partial charge in [0, 0.05) is 44.2 Å². The largest absolute Gasteiger partial charge is 0.398 e. The molecule has 1 aliphatic rings. The van der Waals surface area contributed by atoms with Gasteiger partial charge < -0.3 is 14.9 Å². The Morgan fingerprint density at radius 2 is 0.829 bits per heavy atom. The number of nitrogen functional groups attached to an aromatic ring is 1. The fraction of sp³-hybridized carbons (Fsp3) is 0.0149. The van der Waals surface area contributed by atoms with Crippen LogP contribution in [0.25, 0.3) is 116 Å². The third-order valence-electron chi connectivity index (χ3n) is 14.7. The van der Waals surface area contributed by atoms with E-state index in [0.29, 0.717) is 0 Å². The highest BCUT2D eigenvalue weighted by molar-refractivity contribution is 6.14. The van der Waals surface area contributed by atoms with Crippen LogP contribution in [-0.2, 0) is 6.42 Å². The van der Waals surface area contributed by atoms with Gasteiger partial charge in [-0.15, -0.1) is 0 Å². The van der Waals surface area contributed by atoms with Gasteiger partial charge in [-0.05, 0) is 157 Å². The van der Waals surface area contributed by atoms with Crippen molar-refractivity contribution in [3.63, 3.8) is 0 Å². The molecule has 11 aromatic carbocycles. The molecule has 328 valence electrons. The van der Waals surface area contributed by atoms with Gasteiger partial charge in [-0.1, -0.05) is 170 Å². The summed E-state index contributed by atoms with van der Waals surface area (Å²) in [6, 6.07) is 88.8. The van der Waals surface area contributed by atoms with Crippen molar-refractivity contribution in [2.24, 2.45) is 0 Å². The van der Waals surface area contributed by atoms with Crippen LogP contribution in [0.2, 0.25) is 0 Å². The van der Waals surface area contributed by atoms with E-state index in [9.17, 15) is 0 Å². The van der Waals surface area contributed by atoms with Crippen LogP contribution in [0.5, 0.6) is 0 Å². The fourth-order valence-electron chi connectivity index (χ4n) is 11.3. The number of anilines is 1. The summed E-state index contributed by atoms with van der Waals surface area (Å²) in [7, 11) is 0. The summed E-state index contributed by atoms with van der Waals surface area (Å²) in [5.74, 6) is 0. The topological polar surface area (TPSA) is 35.9 Å². The molecule has 0 aliphatic heterocycles. The first kappa shape index (κ1) is 39.9. The molecule has 2 N–H and O–H groups in total. The second-order valence-electron chi connectivity index (χ2n) is 18.7. The van der Waals surface area contributed by atoms with E-state index in [1.165, 1.54) is 116 Å². The minimum absolute atomic E-state index is 0.816. The van der Waals surface area contributed by atoms with E-state index in [1.807, 2.05) is 6.07 Å². The molecule has 0 radical (unpaired) electrons. The molecule has 14 rings (SSSR count). The zero-order valence-corrected chi connectivity index (χ0v) is 38.4. The lowest BCUT2D eigenvalue weighted by atomic mass is 9.96. The second-order valence-corrected chi connectivity index (χ2v) is 18.7. The Bertz CT molecular complexity index is 4260. The molecule has 3 nitrogen and oxygen atoms in total. The Morgan fingerprint density at radius 3 is 1.57 bits per heavy atom. The summed E-state index contributed by atoms with van der Waals surface area (Å²) in [6.45, 7) is 0. The zero-order valence-electron chi connectivity index (χ0n) is 38.4. The lowest BCUT2D eigenvalue weighted by Gasteiger charge is -2.11. The maximum Gasteiger partial charge on any atom is 0.0541 e. The molecule has 0 saturated heterocycles. The normalized spacial score (nSPS) is 12.7. The highest BCUT2D eigenvalue weighted by Crippen LogP contribution is 2.47. The van der Waals surface area contributed by atoms with E-state index < -0.39 is 0 Å². The fourth-order valence-corrected chi connectivity index (χ4v) is 11.3. The lowest BCUT2D eigenvalue weighted by molar-refractivity contribution is 1.18. The number of hydrogen-bond acceptors (Lipinski definition) is 1. The van der Waals surface area contributed by atoms with Gasteiger partial charge in [0.15, 0.2) is 0 Å². The quantitative estimate of drug-likeness (QED) is 0.159. The lowest BCUT2D eigenvalue weighted by Crippen LogP contribution is -1.94. The molecule has 0 atom stereocenters. The predicted molar refractivity (Wildman–Crippen MR) is 296 cm³/mol. The van der Waals surface area contributed by atoms with Crippen LogP contribution in [0.4, 0.5) is 5.69 Å². The summed E-state index contributed by atoms with van der Waals surface area (Å²) in [5, 5.41) is 7.40. The van der Waals surface area contributed by atoms with Crippen LogP contribution >= 0.6 is 0 Å². The molecular weight excluding hydrogens is 847 g/mol. The Labute approximate surface area is 406 Å². The van der Waals surface area contributed by atoms with E-state index in [-0.39, 0.29) is 0 Å². The van der Waals surface area contributed by atoms with E-state index in [0.717, 1.165) is 29.0 Å². The van der Waals surface area contributed by atoms with Crippen LogP contribution in [-0.4, -0.2) is 9.13 Å². The molecule has 0 fully saturated rings. The smallest absolute Gasteiger partial charge is 0.0541 e. The monoisotopic (exact) mass is 891 g/mol. The number of benzene rings is 11. The number of fused-ring (bicyclic) bond motifs is 10. The van der Waals surface area contributed by atoms with Crippen LogP contribution in [0, 0.1) is 0 Å². The van der Waals surface area contributed by atoms with Crippen molar-refractivity contribution >= 4 is 65.6 Å². The summed E-state index contributed by atoms with van der Waals surface area (Å²) < 4.78 is 4.82. The van der Waals surface area contributed by atoms with E-state index in [4.69, 9.17) is 5.73 Å². The highest BCUT2D eigenvalue weighted by atomic mass is 15.0. The van der Waals surface area contributed by atoms with Gasteiger partial charge in [0.25, 0.3) is 0 Å². The van der Waals surface area contributed by atoms with Crippen LogP contribution in [0.1, 0.15) is 16.7 Å². The molecule has 2 heterocycles. The minimum Gasteiger partial charge on any atom is -0.398 e. The standard InChI is InChI=1S/C67H45N3/c68-62-23-12-22-57-54-19-7-8-20-55(54)58(67(57)62)33-26-43-25-27-47-38-48(29-28-46(47)37-43)49-30-35-65-60(41-49)61-42-51(32-36-66(61)70(65)53-18-11-15-45(39-53)44-13-3-1-4-14-44)50-31-34-64-59(40-50)56-21-9-10-24-63(56)69(64)52-16-5-2-6-17-52/h1-25,27-42H,26,68H2/b58-33-. The van der Waals surface area contributed by atoms with Crippen molar-refractivity contribution in [3.05, 3.63) is 265 Å². The first-order valence-electron chi connectivity index (χ1n) is 24.2. The molecule has 0 spiro atoms. The average Bonchev–Trinajstić information content (AvgIpc) is 4.06. The van der Waals surface area contributed by atoms with Gasteiger partial charge in [0.1, 0.15) is 0 Å². The van der Waals surface area contributed by atoms with Gasteiger partial charge in [0.05, 0.1) is 22.1 Å². The SMILES string of the molecule is Nc1cccc2c1/C(=C\Cc1ccc3cc(-c4ccc5c(c4)c4cc(-c6ccc7c(c6)c6ccccc6n7-c6ccccc6)ccc4n5-c4cccc(-c5ccccc5)c4)ccc3c1)c1ccccc1-2. The van der Waals surface area contributed by atoms with Gasteiger partial charge in [-0.3, -0.25) is 0 Å². The number of nitrogens with zero attached hydrogens (tertiary/aromatic N) is 2. The van der Waals surface area contributed by atoms with Crippen molar-refractivity contribution in [2.75, 3.05) is 5.73 Å². The average molecular weight is 892 g/mol. The Morgan fingerprint density at radius 1 is 0.329 bits per heavy atom. The van der Waals surface area contributed by atoms with E-state index >= 15 is 0 Å². The maximum absolute atomic E-state index is 6.59. The Hall–Kier alpha value is -9.18. The molecule has 0 amide bonds. The van der Waals surface area contributed by atoms with Crippen molar-refractivity contribution in [1.82, 2.24) is 9.13 Å². The molecule has 0 unspecified atom stereocenters. The summed E-state index contributed by atoms with van der Waals surface area (Å²) in [4.78, 5) is 0. The van der Waals surface area contributed by atoms with Crippen LogP contribution < -0.4 is 5.73 Å². The van der Waals surface area contributed by atoms with Crippen molar-refractivity contribution in [2.45, 2.75) is 6.42 Å². The van der Waals surface area contributed by atoms with Gasteiger partial charge >= 0.3 is 0 Å². The van der Waals surface area contributed by atoms with Crippen LogP contribution in [0.15, 0.2) is 249 Å². The summed E-state index contributed by atoms with van der Waals surface area (Å²) >= 11 is 0. The van der Waals surface area contributed by atoms with Crippen molar-refractivity contribution in [1.29, 1.82) is 0 Å². The van der Waals surface area contributed by atoms with Crippen molar-refractivity contribution in [3.8, 4) is 55.9 Å². The molecule has 0 bridgehead atoms. The number of nitrogens with two attached hydrogens (primary N) is 1. The molecule has 2 aromatic heterocycles. The minimum atomic E-state index is 0.816. The summed E-state index contributed by atoms with van der Waals surface area (Å²) in [5.41, 5.74) is 29.0. The number of hydrogen-bond donors (Lipinski definition) is 1. The summed E-state index contributed by atoms with van der Waals surface area (Å²) in [6.07, 6.45) is 3.17. The van der Waals surface area contributed by atoms with Gasteiger partial charge in [-0.2, -0.15) is 0 Å². The van der Waals surface area contributed by atoms with Gasteiger partial charge in [-0.25, -0.2) is 0 Å². The second kappa shape index (κ2) is 16.0. The zero-order chi connectivity index (χ0) is 46.3. The van der Waals surface area contributed by atoms with E-state index in [1.54, 1.807) is 0 Å². The number of rotatable bonds is 7. The molecule has 13 aromatic rings. The third-order valence-corrected chi connectivity index (χ3v) is 14.7. The molecule has 3 heteroatoms. The predicted octanol–water partition coefficient (Wildman–Crippen LogP) is 17.3. The van der Waals surface area contributed by atoms with Crippen LogP contribution in [0.3, 0.4) is 0 Å². The maximum atomic E-state index is 6.59. The molecule has 1 aliphatic carbocycles. The first-order chi connectivity index (χ1) is 34.6. The number of aromatic nitrogens is 2. The number of allylic oxidation sites excluding steroid dienone is 1. The molecule has 0 saturated carbocycles.